The van der Waals surface area contributed by atoms with Crippen LogP contribution in [0.3, 0.4) is 0 Å². The van der Waals surface area contributed by atoms with E-state index in [1.165, 1.54) is 22.9 Å². The Labute approximate surface area is 128 Å². The van der Waals surface area contributed by atoms with Crippen molar-refractivity contribution < 1.29 is 13.3 Å². The normalized spacial score (nSPS) is 11.5. The smallest absolute Gasteiger partial charge is 0.263 e. The van der Waals surface area contributed by atoms with Gasteiger partial charge in [0, 0.05) is 18.7 Å². The van der Waals surface area contributed by atoms with Crippen LogP contribution in [0.4, 0.5) is 11.5 Å². The number of anilines is 1. The van der Waals surface area contributed by atoms with Crippen molar-refractivity contribution in [3.63, 3.8) is 0 Å². The molecule has 0 unspecified atom stereocenters. The summed E-state index contributed by atoms with van der Waals surface area (Å²) in [6.45, 7) is 5.14. The molecule has 22 heavy (non-hydrogen) atoms. The molecule has 0 saturated carbocycles. The molecule has 0 aliphatic carbocycles. The molecule has 1 aromatic heterocycles. The van der Waals surface area contributed by atoms with Crippen LogP contribution < -0.4 is 4.72 Å². The number of nitro benzene ring substituents is 1. The van der Waals surface area contributed by atoms with Crippen molar-refractivity contribution in [3.05, 3.63) is 45.1 Å². The highest BCUT2D eigenvalue weighted by Crippen LogP contribution is 2.28. The molecule has 0 amide bonds. The SMILES string of the molecule is Cc1ccc(S(=O)(=O)Nc2c(C)c(C)nn2C)c([N+](=O)[O-])c1. The maximum absolute atomic E-state index is 12.5. The molecule has 8 nitrogen and oxygen atoms in total. The maximum Gasteiger partial charge on any atom is 0.290 e. The van der Waals surface area contributed by atoms with Gasteiger partial charge in [-0.1, -0.05) is 6.07 Å². The number of hydrogen-bond donors (Lipinski definition) is 1. The fourth-order valence-corrected chi connectivity index (χ4v) is 3.39. The van der Waals surface area contributed by atoms with E-state index in [2.05, 4.69) is 9.82 Å². The molecule has 0 bridgehead atoms. The Morgan fingerprint density at radius 3 is 2.41 bits per heavy atom. The molecule has 0 fully saturated rings. The predicted octanol–water partition coefficient (Wildman–Crippen LogP) is 2.05. The van der Waals surface area contributed by atoms with Gasteiger partial charge >= 0.3 is 0 Å². The molecule has 9 heteroatoms. The number of aromatic nitrogens is 2. The van der Waals surface area contributed by atoms with Gasteiger partial charge in [-0.25, -0.2) is 8.42 Å². The second kappa shape index (κ2) is 5.41. The van der Waals surface area contributed by atoms with Gasteiger partial charge in [0.25, 0.3) is 15.7 Å². The summed E-state index contributed by atoms with van der Waals surface area (Å²) in [6.07, 6.45) is 0. The van der Waals surface area contributed by atoms with Crippen LogP contribution in [0.5, 0.6) is 0 Å². The second-order valence-electron chi connectivity index (χ2n) is 5.02. The number of nitro groups is 1. The van der Waals surface area contributed by atoms with Crippen LogP contribution in [-0.4, -0.2) is 23.1 Å². The van der Waals surface area contributed by atoms with Crippen LogP contribution in [0.15, 0.2) is 23.1 Å². The van der Waals surface area contributed by atoms with Crippen molar-refractivity contribution in [3.8, 4) is 0 Å². The number of benzene rings is 1. The van der Waals surface area contributed by atoms with Crippen molar-refractivity contribution in [2.75, 3.05) is 4.72 Å². The summed E-state index contributed by atoms with van der Waals surface area (Å²) >= 11 is 0. The van der Waals surface area contributed by atoms with E-state index < -0.39 is 20.6 Å². The zero-order valence-corrected chi connectivity index (χ0v) is 13.4. The first kappa shape index (κ1) is 16.0. The summed E-state index contributed by atoms with van der Waals surface area (Å²) in [5, 5.41) is 15.2. The van der Waals surface area contributed by atoms with Gasteiger partial charge in [0.1, 0.15) is 5.82 Å². The third-order valence-electron chi connectivity index (χ3n) is 3.35. The molecular formula is C13H16N4O4S. The molecule has 2 aromatic rings. The molecular weight excluding hydrogens is 308 g/mol. The molecule has 0 atom stereocenters. The molecule has 0 saturated heterocycles. The number of nitrogens with zero attached hydrogens (tertiary/aromatic N) is 3. The molecule has 0 aliphatic rings. The van der Waals surface area contributed by atoms with E-state index >= 15 is 0 Å². The first-order valence-corrected chi connectivity index (χ1v) is 7.90. The first-order chi connectivity index (χ1) is 10.1. The fraction of sp³-hybridized carbons (Fsp3) is 0.308. The summed E-state index contributed by atoms with van der Waals surface area (Å²) in [5.41, 5.74) is 1.50. The van der Waals surface area contributed by atoms with Crippen molar-refractivity contribution in [1.29, 1.82) is 0 Å². The van der Waals surface area contributed by atoms with E-state index in [0.717, 1.165) is 0 Å². The van der Waals surface area contributed by atoms with Crippen molar-refractivity contribution in [2.45, 2.75) is 25.7 Å². The minimum absolute atomic E-state index is 0.285. The quantitative estimate of drug-likeness (QED) is 0.684. The number of nitrogens with one attached hydrogen (secondary N) is 1. The van der Waals surface area contributed by atoms with E-state index in [9.17, 15) is 18.5 Å². The second-order valence-corrected chi connectivity index (χ2v) is 6.67. The Balaban J connectivity index is 2.54. The number of rotatable bonds is 4. The minimum Gasteiger partial charge on any atom is -0.263 e. The average molecular weight is 324 g/mol. The van der Waals surface area contributed by atoms with Gasteiger partial charge in [0.05, 0.1) is 10.6 Å². The number of sulfonamides is 1. The molecule has 2 rings (SSSR count). The van der Waals surface area contributed by atoms with Gasteiger partial charge < -0.3 is 0 Å². The maximum atomic E-state index is 12.5. The van der Waals surface area contributed by atoms with Crippen LogP contribution in [0.2, 0.25) is 0 Å². The highest BCUT2D eigenvalue weighted by atomic mass is 32.2. The largest absolute Gasteiger partial charge is 0.290 e. The summed E-state index contributed by atoms with van der Waals surface area (Å²) in [7, 11) is -2.49. The lowest BCUT2D eigenvalue weighted by Crippen LogP contribution is -2.17. The van der Waals surface area contributed by atoms with Crippen molar-refractivity contribution in [2.24, 2.45) is 7.05 Å². The highest BCUT2D eigenvalue weighted by Gasteiger charge is 2.27. The zero-order chi connectivity index (χ0) is 16.7. The lowest BCUT2D eigenvalue weighted by Gasteiger charge is -2.10. The molecule has 1 aromatic carbocycles. The highest BCUT2D eigenvalue weighted by molar-refractivity contribution is 7.92. The summed E-state index contributed by atoms with van der Waals surface area (Å²) in [6, 6.07) is 3.98. The monoisotopic (exact) mass is 324 g/mol. The van der Waals surface area contributed by atoms with Crippen LogP contribution in [-0.2, 0) is 17.1 Å². The molecule has 1 N–H and O–H groups in total. The molecule has 0 spiro atoms. The van der Waals surface area contributed by atoms with Gasteiger partial charge in [-0.15, -0.1) is 0 Å². The van der Waals surface area contributed by atoms with Crippen LogP contribution in [0.1, 0.15) is 16.8 Å². The topological polar surface area (TPSA) is 107 Å². The van der Waals surface area contributed by atoms with Crippen molar-refractivity contribution in [1.82, 2.24) is 9.78 Å². The van der Waals surface area contributed by atoms with Gasteiger partial charge in [-0.3, -0.25) is 19.5 Å². The van der Waals surface area contributed by atoms with Crippen LogP contribution >= 0.6 is 0 Å². The average Bonchev–Trinajstić information content (AvgIpc) is 2.64. The summed E-state index contributed by atoms with van der Waals surface area (Å²) < 4.78 is 28.8. The fourth-order valence-electron chi connectivity index (χ4n) is 2.09. The minimum atomic E-state index is -4.09. The Morgan fingerprint density at radius 1 is 1.27 bits per heavy atom. The number of hydrogen-bond acceptors (Lipinski definition) is 5. The van der Waals surface area contributed by atoms with Gasteiger partial charge in [0.15, 0.2) is 4.90 Å². The van der Waals surface area contributed by atoms with Gasteiger partial charge in [-0.2, -0.15) is 5.10 Å². The van der Waals surface area contributed by atoms with E-state index in [0.29, 0.717) is 16.8 Å². The molecule has 1 heterocycles. The van der Waals surface area contributed by atoms with E-state index in [4.69, 9.17) is 0 Å². The Bertz CT molecular complexity index is 855. The predicted molar refractivity (Wildman–Crippen MR) is 81.3 cm³/mol. The van der Waals surface area contributed by atoms with Gasteiger partial charge in [-0.05, 0) is 32.4 Å². The van der Waals surface area contributed by atoms with E-state index in [-0.39, 0.29) is 10.7 Å². The summed E-state index contributed by atoms with van der Waals surface area (Å²) in [5.74, 6) is 0.285. The lowest BCUT2D eigenvalue weighted by atomic mass is 10.2. The lowest BCUT2D eigenvalue weighted by molar-refractivity contribution is -0.387. The molecule has 0 radical (unpaired) electrons. The van der Waals surface area contributed by atoms with Crippen LogP contribution in [0, 0.1) is 30.9 Å². The Morgan fingerprint density at radius 2 is 1.91 bits per heavy atom. The summed E-state index contributed by atoms with van der Waals surface area (Å²) in [4.78, 5) is 10.0. The van der Waals surface area contributed by atoms with E-state index in [1.54, 1.807) is 27.8 Å². The molecule has 0 aliphatic heterocycles. The van der Waals surface area contributed by atoms with E-state index in [1.807, 2.05) is 0 Å². The number of aryl methyl sites for hydroxylation is 3. The first-order valence-electron chi connectivity index (χ1n) is 6.41. The Kier molecular flexibility index (Phi) is 3.92. The third-order valence-corrected chi connectivity index (χ3v) is 4.74. The standard InChI is InChI=1S/C13H16N4O4S/c1-8-5-6-12(11(7-8)17(18)19)22(20,21)15-13-9(2)10(3)14-16(13)4/h5-7,15H,1-4H3. The Hall–Kier alpha value is -2.42. The van der Waals surface area contributed by atoms with Crippen molar-refractivity contribution >= 4 is 21.5 Å². The van der Waals surface area contributed by atoms with Gasteiger partial charge in [0.2, 0.25) is 0 Å². The zero-order valence-electron chi connectivity index (χ0n) is 12.6. The third kappa shape index (κ3) is 2.80. The molecule has 118 valence electrons. The van der Waals surface area contributed by atoms with Crippen LogP contribution in [0.25, 0.3) is 0 Å².